The van der Waals surface area contributed by atoms with Gasteiger partial charge in [0, 0.05) is 11.6 Å². The van der Waals surface area contributed by atoms with Crippen LogP contribution in [0.1, 0.15) is 25.3 Å². The van der Waals surface area contributed by atoms with E-state index in [2.05, 4.69) is 39.7 Å². The van der Waals surface area contributed by atoms with Crippen molar-refractivity contribution < 1.29 is 9.47 Å². The van der Waals surface area contributed by atoms with Crippen LogP contribution in [0.2, 0.25) is 0 Å². The van der Waals surface area contributed by atoms with Crippen molar-refractivity contribution in [1.29, 1.82) is 0 Å². The predicted octanol–water partition coefficient (Wildman–Crippen LogP) is 4.16. The molecule has 19 heavy (non-hydrogen) atoms. The third kappa shape index (κ3) is 3.23. The number of hydrogen-bond acceptors (Lipinski definition) is 4. The number of aromatic nitrogens is 2. The summed E-state index contributed by atoms with van der Waals surface area (Å²) in [5.74, 6) is 2.36. The molecule has 0 amide bonds. The highest BCUT2D eigenvalue weighted by atomic mass is 79.9. The van der Waals surface area contributed by atoms with Gasteiger partial charge in [-0.3, -0.25) is 0 Å². The fourth-order valence-electron chi connectivity index (χ4n) is 1.85. The molecule has 1 heterocycles. The molecule has 0 radical (unpaired) electrons. The summed E-state index contributed by atoms with van der Waals surface area (Å²) in [7, 11) is 1.66. The summed E-state index contributed by atoms with van der Waals surface area (Å²) in [5.41, 5.74) is 1.03. The Kier molecular flexibility index (Phi) is 4.37. The molecule has 0 saturated heterocycles. The van der Waals surface area contributed by atoms with E-state index >= 15 is 0 Å². The van der Waals surface area contributed by atoms with Crippen LogP contribution in [-0.4, -0.2) is 17.1 Å². The van der Waals surface area contributed by atoms with Gasteiger partial charge in [-0.05, 0) is 34.0 Å². The van der Waals surface area contributed by atoms with Gasteiger partial charge in [0.05, 0.1) is 7.11 Å². The van der Waals surface area contributed by atoms with Gasteiger partial charge in [0.2, 0.25) is 5.88 Å². The van der Waals surface area contributed by atoms with Crippen LogP contribution in [-0.2, 0) is 0 Å². The van der Waals surface area contributed by atoms with Gasteiger partial charge >= 0.3 is 0 Å². The molecule has 0 bridgehead atoms. The smallest absolute Gasteiger partial charge is 0.223 e. The molecule has 0 aliphatic heterocycles. The Bertz CT molecular complexity index is 573. The largest absolute Gasteiger partial charge is 0.496 e. The summed E-state index contributed by atoms with van der Waals surface area (Å²) < 4.78 is 11.9. The predicted molar refractivity (Wildman–Crippen MR) is 76.9 cm³/mol. The molecule has 100 valence electrons. The topological polar surface area (TPSA) is 44.2 Å². The molecule has 2 aromatic rings. The average Bonchev–Trinajstić information content (AvgIpc) is 2.38. The summed E-state index contributed by atoms with van der Waals surface area (Å²) in [6.45, 7) is 4.20. The Balaban J connectivity index is 2.39. The van der Waals surface area contributed by atoms with Crippen LogP contribution in [0.3, 0.4) is 0 Å². The Hall–Kier alpha value is -1.62. The fourth-order valence-corrected chi connectivity index (χ4v) is 2.13. The van der Waals surface area contributed by atoms with Gasteiger partial charge in [0.25, 0.3) is 0 Å². The van der Waals surface area contributed by atoms with Gasteiger partial charge in [0.1, 0.15) is 22.4 Å². The fraction of sp³-hybridized carbons (Fsp3) is 0.286. The normalized spacial score (nSPS) is 10.6. The van der Waals surface area contributed by atoms with E-state index in [1.807, 2.05) is 18.2 Å². The van der Waals surface area contributed by atoms with E-state index in [-0.39, 0.29) is 5.92 Å². The number of hydrogen-bond donors (Lipinski definition) is 0. The highest BCUT2D eigenvalue weighted by molar-refractivity contribution is 9.10. The van der Waals surface area contributed by atoms with E-state index in [1.165, 1.54) is 6.33 Å². The quantitative estimate of drug-likeness (QED) is 0.793. The van der Waals surface area contributed by atoms with Gasteiger partial charge < -0.3 is 9.47 Å². The first-order chi connectivity index (χ1) is 9.11. The highest BCUT2D eigenvalue weighted by Gasteiger charge is 2.15. The minimum absolute atomic E-state index is 0.288. The van der Waals surface area contributed by atoms with Gasteiger partial charge in [-0.1, -0.05) is 19.9 Å². The summed E-state index contributed by atoms with van der Waals surface area (Å²) in [6, 6.07) is 7.46. The Morgan fingerprint density at radius 3 is 2.53 bits per heavy atom. The molecule has 0 fully saturated rings. The maximum absolute atomic E-state index is 5.83. The lowest BCUT2D eigenvalue weighted by molar-refractivity contribution is 0.396. The van der Waals surface area contributed by atoms with Crippen LogP contribution >= 0.6 is 15.9 Å². The van der Waals surface area contributed by atoms with E-state index in [9.17, 15) is 0 Å². The minimum Gasteiger partial charge on any atom is -0.496 e. The zero-order valence-corrected chi connectivity index (χ0v) is 12.6. The molecule has 0 saturated carbocycles. The van der Waals surface area contributed by atoms with Gasteiger partial charge in [0.15, 0.2) is 0 Å². The van der Waals surface area contributed by atoms with Crippen LogP contribution < -0.4 is 9.47 Å². The van der Waals surface area contributed by atoms with E-state index in [4.69, 9.17) is 9.47 Å². The second kappa shape index (κ2) is 6.02. The summed E-state index contributed by atoms with van der Waals surface area (Å²) in [4.78, 5) is 8.06. The molecule has 0 unspecified atom stereocenters. The third-order valence-electron chi connectivity index (χ3n) is 2.65. The second-order valence-electron chi connectivity index (χ2n) is 4.31. The standard InChI is InChI=1S/C14H15BrN2O2/c1-9(2)14-10(18-3)5-4-6-11(14)19-13-7-12(15)16-8-17-13/h4-9H,1-3H3. The van der Waals surface area contributed by atoms with Crippen LogP contribution in [0.4, 0.5) is 0 Å². The lowest BCUT2D eigenvalue weighted by Gasteiger charge is -2.16. The Morgan fingerprint density at radius 2 is 1.89 bits per heavy atom. The molecule has 0 atom stereocenters. The lowest BCUT2D eigenvalue weighted by atomic mass is 10.0. The monoisotopic (exact) mass is 322 g/mol. The first kappa shape index (κ1) is 13.8. The summed E-state index contributed by atoms with van der Waals surface area (Å²) in [6.07, 6.45) is 1.45. The van der Waals surface area contributed by atoms with Gasteiger partial charge in [-0.25, -0.2) is 9.97 Å². The number of nitrogens with zero attached hydrogens (tertiary/aromatic N) is 2. The van der Waals surface area contributed by atoms with Crippen LogP contribution in [0.15, 0.2) is 35.2 Å². The van der Waals surface area contributed by atoms with Crippen molar-refractivity contribution >= 4 is 15.9 Å². The zero-order valence-electron chi connectivity index (χ0n) is 11.1. The first-order valence-corrected chi connectivity index (χ1v) is 6.73. The molecule has 5 heteroatoms. The van der Waals surface area contributed by atoms with Crippen molar-refractivity contribution in [3.63, 3.8) is 0 Å². The first-order valence-electron chi connectivity index (χ1n) is 5.94. The maximum atomic E-state index is 5.83. The van der Waals surface area contributed by atoms with Crippen LogP contribution in [0, 0.1) is 0 Å². The molecule has 4 nitrogen and oxygen atoms in total. The van der Waals surface area contributed by atoms with Crippen molar-refractivity contribution in [3.8, 4) is 17.4 Å². The van der Waals surface area contributed by atoms with E-state index in [0.29, 0.717) is 10.5 Å². The third-order valence-corrected chi connectivity index (χ3v) is 3.08. The number of ether oxygens (including phenoxy) is 2. The lowest BCUT2D eigenvalue weighted by Crippen LogP contribution is -1.99. The molecule has 2 rings (SSSR count). The molecule has 1 aromatic heterocycles. The highest BCUT2D eigenvalue weighted by Crippen LogP contribution is 2.36. The average molecular weight is 323 g/mol. The van der Waals surface area contributed by atoms with Gasteiger partial charge in [-0.15, -0.1) is 0 Å². The van der Waals surface area contributed by atoms with Crippen molar-refractivity contribution in [2.45, 2.75) is 19.8 Å². The summed E-state index contributed by atoms with van der Waals surface area (Å²) >= 11 is 3.30. The molecular weight excluding hydrogens is 308 g/mol. The molecule has 0 N–H and O–H groups in total. The molecule has 0 aliphatic carbocycles. The SMILES string of the molecule is COc1cccc(Oc2cc(Br)ncn2)c1C(C)C. The molecule has 0 spiro atoms. The van der Waals surface area contributed by atoms with Crippen molar-refractivity contribution in [2.75, 3.05) is 7.11 Å². The number of halogens is 1. The van der Waals surface area contributed by atoms with Crippen molar-refractivity contribution in [2.24, 2.45) is 0 Å². The summed E-state index contributed by atoms with van der Waals surface area (Å²) in [5, 5.41) is 0. The van der Waals surface area contributed by atoms with Crippen molar-refractivity contribution in [3.05, 3.63) is 40.8 Å². The maximum Gasteiger partial charge on any atom is 0.223 e. The van der Waals surface area contributed by atoms with E-state index < -0.39 is 0 Å². The van der Waals surface area contributed by atoms with Gasteiger partial charge in [-0.2, -0.15) is 0 Å². The van der Waals surface area contributed by atoms with E-state index in [0.717, 1.165) is 17.1 Å². The minimum atomic E-state index is 0.288. The van der Waals surface area contributed by atoms with Crippen LogP contribution in [0.25, 0.3) is 0 Å². The number of benzene rings is 1. The number of methoxy groups -OCH3 is 1. The zero-order chi connectivity index (χ0) is 13.8. The molecule has 1 aromatic carbocycles. The molecule has 0 aliphatic rings. The van der Waals surface area contributed by atoms with Crippen LogP contribution in [0.5, 0.6) is 17.4 Å². The van der Waals surface area contributed by atoms with E-state index in [1.54, 1.807) is 13.2 Å². The second-order valence-corrected chi connectivity index (χ2v) is 5.12. The Morgan fingerprint density at radius 1 is 1.16 bits per heavy atom. The molecular formula is C14H15BrN2O2. The number of rotatable bonds is 4. The van der Waals surface area contributed by atoms with Crippen molar-refractivity contribution in [1.82, 2.24) is 9.97 Å². The Labute approximate surface area is 120 Å².